The van der Waals surface area contributed by atoms with E-state index in [1.54, 1.807) is 0 Å². The molecule has 1 unspecified atom stereocenters. The van der Waals surface area contributed by atoms with Gasteiger partial charge in [0.1, 0.15) is 11.6 Å². The Labute approximate surface area is 276 Å². The lowest BCUT2D eigenvalue weighted by Gasteiger charge is -2.30. The van der Waals surface area contributed by atoms with Crippen LogP contribution in [0.1, 0.15) is 59.9 Å². The van der Waals surface area contributed by atoms with Crippen molar-refractivity contribution in [1.29, 1.82) is 0 Å². The largest absolute Gasteiger partial charge is 0.417 e. The molecule has 1 N–H and O–H groups in total. The van der Waals surface area contributed by atoms with Crippen molar-refractivity contribution in [3.8, 4) is 11.3 Å². The second-order valence-electron chi connectivity index (χ2n) is 11.7. The van der Waals surface area contributed by atoms with Gasteiger partial charge in [0, 0.05) is 52.9 Å². The molecule has 5 nitrogen and oxygen atoms in total. The third-order valence-corrected chi connectivity index (χ3v) is 8.55. The number of halogens is 4. The molecule has 0 saturated heterocycles. The third-order valence-electron chi connectivity index (χ3n) is 8.06. The fourth-order valence-corrected chi connectivity index (χ4v) is 6.23. The Bertz CT molecular complexity index is 1720. The number of rotatable bonds is 13. The first-order valence-electron chi connectivity index (χ1n) is 15.3. The number of imidazole rings is 1. The van der Waals surface area contributed by atoms with Crippen LogP contribution in [0.5, 0.6) is 0 Å². The molecule has 0 spiro atoms. The molecule has 5 rings (SSSR count). The summed E-state index contributed by atoms with van der Waals surface area (Å²) in [6.45, 7) is 5.30. The number of aromatic nitrogens is 3. The minimum absolute atomic E-state index is 0.0465. The molecule has 2 heterocycles. The molecule has 0 saturated carbocycles. The van der Waals surface area contributed by atoms with E-state index in [1.165, 1.54) is 6.07 Å². The maximum Gasteiger partial charge on any atom is 0.417 e. The topological polar surface area (TPSA) is 59.8 Å². The summed E-state index contributed by atoms with van der Waals surface area (Å²) in [5.74, 6) is 0.732. The first kappa shape index (κ1) is 33.1. The summed E-state index contributed by atoms with van der Waals surface area (Å²) in [6, 6.07) is 29.9. The predicted octanol–water partition coefficient (Wildman–Crippen LogP) is 9.91. The van der Waals surface area contributed by atoms with Crippen LogP contribution in [0.3, 0.4) is 0 Å². The molecular weight excluding hydrogens is 653 g/mol. The van der Waals surface area contributed by atoms with E-state index in [2.05, 4.69) is 63.0 Å². The highest BCUT2D eigenvalue weighted by atomic mass is 79.9. The van der Waals surface area contributed by atoms with Gasteiger partial charge < -0.3 is 9.88 Å². The van der Waals surface area contributed by atoms with Crippen LogP contribution in [-0.2, 0) is 12.7 Å². The van der Waals surface area contributed by atoms with Crippen LogP contribution in [0.4, 0.5) is 19.0 Å². The second-order valence-corrected chi connectivity index (χ2v) is 12.6. The normalized spacial score (nSPS) is 13.0. The number of hydrogen-bond donors (Lipinski definition) is 1. The van der Waals surface area contributed by atoms with Crippen molar-refractivity contribution in [2.75, 3.05) is 11.9 Å². The van der Waals surface area contributed by atoms with Crippen molar-refractivity contribution in [3.05, 3.63) is 136 Å². The Morgan fingerprint density at radius 2 is 1.65 bits per heavy atom. The quantitative estimate of drug-likeness (QED) is 0.0988. The summed E-state index contributed by atoms with van der Waals surface area (Å²) in [4.78, 5) is 23.4. The predicted molar refractivity (Wildman–Crippen MR) is 180 cm³/mol. The zero-order chi connectivity index (χ0) is 32.7. The van der Waals surface area contributed by atoms with Crippen molar-refractivity contribution in [2.24, 2.45) is 11.8 Å². The summed E-state index contributed by atoms with van der Waals surface area (Å²) >= 11 is 3.58. The average Bonchev–Trinajstić information content (AvgIpc) is 3.45. The molecule has 5 aromatic rings. The van der Waals surface area contributed by atoms with E-state index < -0.39 is 17.7 Å². The lowest BCUT2D eigenvalue weighted by molar-refractivity contribution is -0.137. The molecule has 3 aromatic carbocycles. The van der Waals surface area contributed by atoms with Crippen LogP contribution in [0.25, 0.3) is 11.3 Å². The number of hydrogen-bond acceptors (Lipinski definition) is 4. The number of nitrogens with one attached hydrogen (secondary N) is 1. The summed E-state index contributed by atoms with van der Waals surface area (Å²) < 4.78 is 42.1. The molecule has 0 aliphatic heterocycles. The Morgan fingerprint density at radius 3 is 2.28 bits per heavy atom. The van der Waals surface area contributed by atoms with Crippen molar-refractivity contribution in [1.82, 2.24) is 14.5 Å². The molecule has 46 heavy (non-hydrogen) atoms. The Kier molecular flexibility index (Phi) is 10.7. The minimum Gasteiger partial charge on any atom is -0.370 e. The minimum atomic E-state index is -4.44. The first-order valence-corrected chi connectivity index (χ1v) is 16.1. The van der Waals surface area contributed by atoms with Gasteiger partial charge in [-0.05, 0) is 48.6 Å². The summed E-state index contributed by atoms with van der Waals surface area (Å²) in [6.07, 6.45) is -0.386. The molecule has 0 radical (unpaired) electrons. The van der Waals surface area contributed by atoms with Crippen molar-refractivity contribution in [3.63, 3.8) is 0 Å². The number of ketones is 1. The van der Waals surface area contributed by atoms with Crippen LogP contribution < -0.4 is 5.32 Å². The van der Waals surface area contributed by atoms with Crippen LogP contribution in [-0.4, -0.2) is 26.9 Å². The highest BCUT2D eigenvalue weighted by Gasteiger charge is 2.36. The van der Waals surface area contributed by atoms with Crippen molar-refractivity contribution in [2.45, 2.75) is 45.3 Å². The molecular formula is C37H36BrF3N4O. The second kappa shape index (κ2) is 14.9. The van der Waals surface area contributed by atoms with Gasteiger partial charge in [-0.3, -0.25) is 4.79 Å². The number of nitrogens with zero attached hydrogens (tertiary/aromatic N) is 3. The molecule has 0 bridgehead atoms. The molecule has 0 amide bonds. The fraction of sp³-hybridized carbons (Fsp3) is 0.270. The van der Waals surface area contributed by atoms with E-state index in [-0.39, 0.29) is 17.6 Å². The van der Waals surface area contributed by atoms with Crippen molar-refractivity contribution < 1.29 is 18.0 Å². The molecule has 2 atom stereocenters. The van der Waals surface area contributed by atoms with Gasteiger partial charge >= 0.3 is 6.18 Å². The number of anilines is 1. The van der Waals surface area contributed by atoms with Gasteiger partial charge in [0.15, 0.2) is 5.78 Å². The smallest absolute Gasteiger partial charge is 0.370 e. The number of carbonyl (C=O) groups is 1. The Morgan fingerprint density at radius 1 is 0.935 bits per heavy atom. The SMILES string of the molecule is CC(C)C(c1nc(-c2cccc(Br)c2)cn1Cc1ccccc1)[C@@H](CCCNc1ccc(C(F)(F)F)cn1)C(=O)c1ccccc1. The zero-order valence-electron chi connectivity index (χ0n) is 25.7. The number of alkyl halides is 3. The van der Waals surface area contributed by atoms with Crippen LogP contribution in [0.2, 0.25) is 0 Å². The zero-order valence-corrected chi connectivity index (χ0v) is 27.3. The molecule has 238 valence electrons. The van der Waals surface area contributed by atoms with Crippen LogP contribution in [0, 0.1) is 11.8 Å². The Balaban J connectivity index is 1.47. The third kappa shape index (κ3) is 8.31. The van der Waals surface area contributed by atoms with Gasteiger partial charge in [-0.1, -0.05) is 103 Å². The highest BCUT2D eigenvalue weighted by molar-refractivity contribution is 9.10. The van der Waals surface area contributed by atoms with E-state index in [0.717, 1.165) is 39.4 Å². The van der Waals surface area contributed by atoms with Crippen LogP contribution >= 0.6 is 15.9 Å². The number of pyridine rings is 1. The molecule has 0 fully saturated rings. The van der Waals surface area contributed by atoms with Gasteiger partial charge in [-0.2, -0.15) is 13.2 Å². The summed E-state index contributed by atoms with van der Waals surface area (Å²) in [7, 11) is 0. The lowest BCUT2D eigenvalue weighted by atomic mass is 9.76. The summed E-state index contributed by atoms with van der Waals surface area (Å²) in [5.41, 5.74) is 2.79. The number of carbonyl (C=O) groups excluding carboxylic acids is 1. The van der Waals surface area contributed by atoms with Gasteiger partial charge in [-0.25, -0.2) is 9.97 Å². The lowest BCUT2D eigenvalue weighted by Crippen LogP contribution is -2.29. The van der Waals surface area contributed by atoms with Gasteiger partial charge in [0.05, 0.1) is 11.3 Å². The average molecular weight is 690 g/mol. The van der Waals surface area contributed by atoms with E-state index in [1.807, 2.05) is 72.8 Å². The summed E-state index contributed by atoms with van der Waals surface area (Å²) in [5, 5.41) is 3.13. The first-order chi connectivity index (χ1) is 22.1. The number of benzene rings is 3. The highest BCUT2D eigenvalue weighted by Crippen LogP contribution is 2.38. The molecule has 0 aliphatic rings. The Hall–Kier alpha value is -4.24. The maximum atomic E-state index is 14.3. The van der Waals surface area contributed by atoms with Gasteiger partial charge in [0.2, 0.25) is 0 Å². The van der Waals surface area contributed by atoms with E-state index >= 15 is 0 Å². The van der Waals surface area contributed by atoms with Gasteiger partial charge in [-0.15, -0.1) is 0 Å². The molecule has 9 heteroatoms. The van der Waals surface area contributed by atoms with Crippen LogP contribution in [0.15, 0.2) is 114 Å². The number of Topliss-reactive ketones (excluding diaryl/α,β-unsaturated/α-hetero) is 1. The monoisotopic (exact) mass is 688 g/mol. The van der Waals surface area contributed by atoms with E-state index in [9.17, 15) is 18.0 Å². The maximum absolute atomic E-state index is 14.3. The molecule has 2 aromatic heterocycles. The van der Waals surface area contributed by atoms with Crippen molar-refractivity contribution >= 4 is 27.5 Å². The van der Waals surface area contributed by atoms with Gasteiger partial charge in [0.25, 0.3) is 0 Å². The van der Waals surface area contributed by atoms with E-state index in [4.69, 9.17) is 4.98 Å². The molecule has 0 aliphatic carbocycles. The standard InChI is InChI=1S/C37H36BrF3N4O/c1-25(2)34(36-44-32(28-15-9-16-30(38)21-28)24-45(36)23-26-11-5-3-6-12-26)31(35(46)27-13-7-4-8-14-27)17-10-20-42-33-19-18-29(22-43-33)37(39,40)41/h3-9,11-16,18-19,21-22,24-25,31,34H,10,17,20,23H2,1-2H3,(H,42,43)/t31-,34?/m1/s1. The fourth-order valence-electron chi connectivity index (χ4n) is 5.83. The van der Waals surface area contributed by atoms with E-state index in [0.29, 0.717) is 37.3 Å².